The fraction of sp³-hybridized carbons (Fsp3) is 0.286. The van der Waals surface area contributed by atoms with Crippen molar-refractivity contribution in [1.29, 1.82) is 0 Å². The van der Waals surface area contributed by atoms with Crippen LogP contribution in [0.3, 0.4) is 0 Å². The molecular formula is C7H9N3S. The summed E-state index contributed by atoms with van der Waals surface area (Å²) in [5, 5.41) is 2.01. The minimum absolute atomic E-state index is 0.0297. The fourth-order valence-corrected chi connectivity index (χ4v) is 1.67. The Bertz CT molecular complexity index is 332. The first-order valence-corrected chi connectivity index (χ1v) is 4.33. The maximum absolute atomic E-state index is 5.67. The highest BCUT2D eigenvalue weighted by molar-refractivity contribution is 7.15. The molecule has 3 nitrogen and oxygen atoms in total. The zero-order valence-electron chi connectivity index (χ0n) is 6.19. The maximum atomic E-state index is 5.67. The van der Waals surface area contributed by atoms with Gasteiger partial charge in [-0.05, 0) is 6.92 Å². The number of nitrogens with zero attached hydrogens (tertiary/aromatic N) is 2. The summed E-state index contributed by atoms with van der Waals surface area (Å²) in [5.74, 6) is 0. The molecule has 2 aromatic rings. The zero-order valence-corrected chi connectivity index (χ0v) is 7.01. The number of fused-ring (bicyclic) bond motifs is 1. The molecule has 2 aromatic heterocycles. The van der Waals surface area contributed by atoms with Crippen LogP contribution in [-0.2, 0) is 0 Å². The molecule has 58 valence electrons. The van der Waals surface area contributed by atoms with Crippen LogP contribution in [0.5, 0.6) is 0 Å². The smallest absolute Gasteiger partial charge is 0.193 e. The van der Waals surface area contributed by atoms with Crippen molar-refractivity contribution in [2.24, 2.45) is 5.73 Å². The van der Waals surface area contributed by atoms with Crippen molar-refractivity contribution in [3.8, 4) is 0 Å². The summed E-state index contributed by atoms with van der Waals surface area (Å²) in [6.45, 7) is 1.94. The van der Waals surface area contributed by atoms with Crippen LogP contribution in [0.4, 0.5) is 0 Å². The van der Waals surface area contributed by atoms with Crippen molar-refractivity contribution < 1.29 is 0 Å². The van der Waals surface area contributed by atoms with Crippen LogP contribution < -0.4 is 5.73 Å². The first-order valence-electron chi connectivity index (χ1n) is 3.45. The molecule has 0 bridgehead atoms. The average molecular weight is 167 g/mol. The predicted molar refractivity (Wildman–Crippen MR) is 45.7 cm³/mol. The molecule has 0 radical (unpaired) electrons. The number of thiazole rings is 1. The van der Waals surface area contributed by atoms with Gasteiger partial charge in [-0.2, -0.15) is 0 Å². The third-order valence-electron chi connectivity index (χ3n) is 1.58. The minimum atomic E-state index is 0.0297. The monoisotopic (exact) mass is 167 g/mol. The van der Waals surface area contributed by atoms with Crippen molar-refractivity contribution >= 4 is 16.3 Å². The average Bonchev–Trinajstić information content (AvgIpc) is 2.40. The third kappa shape index (κ3) is 1.04. The lowest BCUT2D eigenvalue weighted by molar-refractivity contribution is 0.790. The van der Waals surface area contributed by atoms with Gasteiger partial charge in [0.05, 0.1) is 5.69 Å². The first kappa shape index (κ1) is 6.82. The van der Waals surface area contributed by atoms with E-state index in [4.69, 9.17) is 5.73 Å². The van der Waals surface area contributed by atoms with Crippen molar-refractivity contribution in [3.63, 3.8) is 0 Å². The lowest BCUT2D eigenvalue weighted by atomic mass is 10.3. The van der Waals surface area contributed by atoms with Crippen molar-refractivity contribution in [1.82, 2.24) is 9.38 Å². The molecule has 0 fully saturated rings. The quantitative estimate of drug-likeness (QED) is 0.698. The molecule has 0 spiro atoms. The number of aromatic nitrogens is 2. The predicted octanol–water partition coefficient (Wildman–Crippen LogP) is 1.42. The Morgan fingerprint density at radius 3 is 3.18 bits per heavy atom. The highest BCUT2D eigenvalue weighted by Gasteiger charge is 2.04. The van der Waals surface area contributed by atoms with Gasteiger partial charge < -0.3 is 5.73 Å². The van der Waals surface area contributed by atoms with Gasteiger partial charge in [0.1, 0.15) is 0 Å². The molecule has 0 unspecified atom stereocenters. The summed E-state index contributed by atoms with van der Waals surface area (Å²) in [6, 6.07) is 0.0297. The van der Waals surface area contributed by atoms with Gasteiger partial charge in [-0.25, -0.2) is 4.98 Å². The highest BCUT2D eigenvalue weighted by atomic mass is 32.1. The Balaban J connectivity index is 2.58. The van der Waals surface area contributed by atoms with Gasteiger partial charge in [-0.1, -0.05) is 0 Å². The van der Waals surface area contributed by atoms with Gasteiger partial charge in [0.25, 0.3) is 0 Å². The summed E-state index contributed by atoms with van der Waals surface area (Å²) in [4.78, 5) is 5.34. The molecule has 1 atom stereocenters. The van der Waals surface area contributed by atoms with E-state index in [1.165, 1.54) is 0 Å². The van der Waals surface area contributed by atoms with Gasteiger partial charge in [-0.3, -0.25) is 4.40 Å². The second-order valence-electron chi connectivity index (χ2n) is 2.55. The topological polar surface area (TPSA) is 43.3 Å². The van der Waals surface area contributed by atoms with E-state index in [0.29, 0.717) is 0 Å². The molecule has 2 rings (SSSR count). The molecule has 2 heterocycles. The number of hydrogen-bond donors (Lipinski definition) is 1. The van der Waals surface area contributed by atoms with Crippen LogP contribution in [0, 0.1) is 0 Å². The number of rotatable bonds is 1. The molecular weight excluding hydrogens is 158 g/mol. The largest absolute Gasteiger partial charge is 0.323 e. The van der Waals surface area contributed by atoms with Crippen LogP contribution in [-0.4, -0.2) is 9.38 Å². The molecule has 4 heteroatoms. The Labute approximate surface area is 68.5 Å². The van der Waals surface area contributed by atoms with E-state index in [0.717, 1.165) is 10.7 Å². The van der Waals surface area contributed by atoms with Gasteiger partial charge >= 0.3 is 0 Å². The second-order valence-corrected chi connectivity index (χ2v) is 3.42. The van der Waals surface area contributed by atoms with Crippen molar-refractivity contribution in [2.45, 2.75) is 13.0 Å². The lowest BCUT2D eigenvalue weighted by Gasteiger charge is -1.95. The SMILES string of the molecule is C[C@@H](N)c1cn2ccsc2n1. The normalized spacial score (nSPS) is 14.0. The van der Waals surface area contributed by atoms with E-state index >= 15 is 0 Å². The van der Waals surface area contributed by atoms with Crippen LogP contribution in [0.1, 0.15) is 18.7 Å². The molecule has 11 heavy (non-hydrogen) atoms. The van der Waals surface area contributed by atoms with Gasteiger partial charge in [0.15, 0.2) is 4.96 Å². The van der Waals surface area contributed by atoms with Gasteiger partial charge in [0.2, 0.25) is 0 Å². The Morgan fingerprint density at radius 1 is 1.73 bits per heavy atom. The first-order chi connectivity index (χ1) is 5.27. The van der Waals surface area contributed by atoms with E-state index < -0.39 is 0 Å². The highest BCUT2D eigenvalue weighted by Crippen LogP contribution is 2.14. The number of nitrogens with two attached hydrogens (primary N) is 1. The Kier molecular flexibility index (Phi) is 1.44. The second kappa shape index (κ2) is 2.32. The van der Waals surface area contributed by atoms with Crippen molar-refractivity contribution in [3.05, 3.63) is 23.5 Å². The summed E-state index contributed by atoms with van der Waals surface area (Å²) in [5.41, 5.74) is 6.62. The summed E-state index contributed by atoms with van der Waals surface area (Å²) in [6.07, 6.45) is 3.95. The Hall–Kier alpha value is -0.870. The van der Waals surface area contributed by atoms with E-state index in [2.05, 4.69) is 4.98 Å². The summed E-state index contributed by atoms with van der Waals surface area (Å²) < 4.78 is 1.99. The molecule has 0 aliphatic rings. The Morgan fingerprint density at radius 2 is 2.55 bits per heavy atom. The molecule has 0 aromatic carbocycles. The third-order valence-corrected chi connectivity index (χ3v) is 2.35. The van der Waals surface area contributed by atoms with Crippen LogP contribution >= 0.6 is 11.3 Å². The van der Waals surface area contributed by atoms with E-state index in [1.807, 2.05) is 29.1 Å². The van der Waals surface area contributed by atoms with Crippen molar-refractivity contribution in [2.75, 3.05) is 0 Å². The lowest BCUT2D eigenvalue weighted by Crippen LogP contribution is -2.04. The van der Waals surface area contributed by atoms with E-state index in [1.54, 1.807) is 11.3 Å². The maximum Gasteiger partial charge on any atom is 0.193 e. The molecule has 0 saturated carbocycles. The molecule has 0 amide bonds. The van der Waals surface area contributed by atoms with E-state index in [9.17, 15) is 0 Å². The van der Waals surface area contributed by atoms with E-state index in [-0.39, 0.29) is 6.04 Å². The molecule has 0 aliphatic carbocycles. The van der Waals surface area contributed by atoms with Crippen LogP contribution in [0.2, 0.25) is 0 Å². The van der Waals surface area contributed by atoms with Gasteiger partial charge in [-0.15, -0.1) is 11.3 Å². The van der Waals surface area contributed by atoms with Gasteiger partial charge in [0, 0.05) is 23.8 Å². The summed E-state index contributed by atoms with van der Waals surface area (Å²) in [7, 11) is 0. The van der Waals surface area contributed by atoms with Crippen LogP contribution in [0.15, 0.2) is 17.8 Å². The zero-order chi connectivity index (χ0) is 7.84. The molecule has 2 N–H and O–H groups in total. The van der Waals surface area contributed by atoms with Crippen LogP contribution in [0.25, 0.3) is 4.96 Å². The standard InChI is InChI=1S/C7H9N3S/c1-5(8)6-4-10-2-3-11-7(10)9-6/h2-5H,8H2,1H3/t5-/m1/s1. The minimum Gasteiger partial charge on any atom is -0.323 e. The summed E-state index contributed by atoms with van der Waals surface area (Å²) >= 11 is 1.62. The fourth-order valence-electron chi connectivity index (χ4n) is 0.965. The molecule has 0 saturated heterocycles. The number of imidazole rings is 1. The molecule has 0 aliphatic heterocycles. The number of hydrogen-bond acceptors (Lipinski definition) is 3.